The molecule has 0 radical (unpaired) electrons. The van der Waals surface area contributed by atoms with Gasteiger partial charge in [0.1, 0.15) is 0 Å². The van der Waals surface area contributed by atoms with Gasteiger partial charge in [-0.25, -0.2) is 0 Å². The van der Waals surface area contributed by atoms with Gasteiger partial charge in [-0.3, -0.25) is 9.78 Å². The summed E-state index contributed by atoms with van der Waals surface area (Å²) in [5.41, 5.74) is 1.91. The number of nitrogens with zero attached hydrogens (tertiary/aromatic N) is 3. The predicted octanol–water partition coefficient (Wildman–Crippen LogP) is 3.62. The molecular weight excluding hydrogens is 372 g/mol. The molecule has 0 aliphatic heterocycles. The maximum atomic E-state index is 12.2. The van der Waals surface area contributed by atoms with Crippen molar-refractivity contribution >= 4 is 29.3 Å². The van der Waals surface area contributed by atoms with Gasteiger partial charge in [-0.15, -0.1) is 10.2 Å². The van der Waals surface area contributed by atoms with E-state index in [2.05, 4.69) is 20.5 Å². The Labute approximate surface area is 160 Å². The van der Waals surface area contributed by atoms with Gasteiger partial charge in [0.2, 0.25) is 11.8 Å². The van der Waals surface area contributed by atoms with Gasteiger partial charge >= 0.3 is 0 Å². The molecule has 1 N–H and O–H groups in total. The minimum atomic E-state index is -0.342. The number of thioether (sulfide) groups is 1. The summed E-state index contributed by atoms with van der Waals surface area (Å²) in [6.45, 7) is 2.36. The average Bonchev–Trinajstić information content (AvgIpc) is 3.12. The molecule has 134 valence electrons. The number of benzene rings is 1. The van der Waals surface area contributed by atoms with E-state index in [-0.39, 0.29) is 11.2 Å². The van der Waals surface area contributed by atoms with Crippen molar-refractivity contribution in [1.29, 1.82) is 0 Å². The zero-order valence-corrected chi connectivity index (χ0v) is 15.6. The quantitative estimate of drug-likeness (QED) is 0.622. The maximum absolute atomic E-state index is 12.2. The van der Waals surface area contributed by atoms with Crippen LogP contribution in [0.3, 0.4) is 0 Å². The lowest BCUT2D eigenvalue weighted by Gasteiger charge is -2.09. The highest BCUT2D eigenvalue weighted by Crippen LogP contribution is 2.25. The molecule has 0 saturated carbocycles. The number of carbonyl (C=O) groups excluding carboxylic acids is 1. The summed E-state index contributed by atoms with van der Waals surface area (Å²) in [4.78, 5) is 16.2. The van der Waals surface area contributed by atoms with Crippen LogP contribution in [0.4, 0.5) is 0 Å². The maximum Gasteiger partial charge on any atom is 0.277 e. The zero-order chi connectivity index (χ0) is 18.4. The Bertz CT molecular complexity index is 855. The molecule has 3 aromatic rings. The smallest absolute Gasteiger partial charge is 0.277 e. The lowest BCUT2D eigenvalue weighted by atomic mass is 10.1. The van der Waals surface area contributed by atoms with Crippen LogP contribution in [-0.4, -0.2) is 32.9 Å². The molecule has 1 amide bonds. The Morgan fingerprint density at radius 2 is 1.92 bits per heavy atom. The van der Waals surface area contributed by atoms with Gasteiger partial charge in [0.05, 0.1) is 5.25 Å². The van der Waals surface area contributed by atoms with Crippen molar-refractivity contribution in [2.24, 2.45) is 0 Å². The number of halogens is 1. The third kappa shape index (κ3) is 5.06. The van der Waals surface area contributed by atoms with Crippen LogP contribution in [0.15, 0.2) is 58.4 Å². The number of amides is 1. The summed E-state index contributed by atoms with van der Waals surface area (Å²) in [6.07, 6.45) is 4.05. The highest BCUT2D eigenvalue weighted by molar-refractivity contribution is 8.00. The van der Waals surface area contributed by atoms with Crippen LogP contribution in [0, 0.1) is 0 Å². The Morgan fingerprint density at radius 3 is 2.65 bits per heavy atom. The average molecular weight is 389 g/mol. The van der Waals surface area contributed by atoms with Crippen molar-refractivity contribution in [3.05, 3.63) is 59.4 Å². The van der Waals surface area contributed by atoms with Crippen LogP contribution in [0.5, 0.6) is 0 Å². The molecular formula is C18H17ClN4O2S. The van der Waals surface area contributed by atoms with E-state index in [0.717, 1.165) is 17.5 Å². The van der Waals surface area contributed by atoms with E-state index in [9.17, 15) is 4.79 Å². The Balaban J connectivity index is 1.48. The van der Waals surface area contributed by atoms with E-state index in [1.165, 1.54) is 11.8 Å². The number of hydrogen-bond donors (Lipinski definition) is 1. The fourth-order valence-corrected chi connectivity index (χ4v) is 3.03. The van der Waals surface area contributed by atoms with Gasteiger partial charge in [0, 0.05) is 29.5 Å². The standard InChI is InChI=1S/C18H17ClN4O2S/c1-12(16(24)21-11-6-13-2-4-15(19)5-3-13)26-18-23-22-17(25-18)14-7-9-20-10-8-14/h2-5,7-10,12H,6,11H2,1H3,(H,21,24). The fourth-order valence-electron chi connectivity index (χ4n) is 2.20. The van der Waals surface area contributed by atoms with Gasteiger partial charge in [-0.05, 0) is 43.2 Å². The number of aromatic nitrogens is 3. The zero-order valence-electron chi connectivity index (χ0n) is 14.1. The van der Waals surface area contributed by atoms with E-state index >= 15 is 0 Å². The van der Waals surface area contributed by atoms with Crippen LogP contribution < -0.4 is 5.32 Å². The summed E-state index contributed by atoms with van der Waals surface area (Å²) in [5.74, 6) is 0.331. The minimum Gasteiger partial charge on any atom is -0.411 e. The first-order valence-corrected chi connectivity index (χ1v) is 9.30. The molecule has 1 aromatic carbocycles. The second-order valence-electron chi connectivity index (χ2n) is 5.54. The minimum absolute atomic E-state index is 0.0763. The SMILES string of the molecule is CC(Sc1nnc(-c2ccncc2)o1)C(=O)NCCc1ccc(Cl)cc1. The van der Waals surface area contributed by atoms with Crippen molar-refractivity contribution in [1.82, 2.24) is 20.5 Å². The molecule has 0 spiro atoms. The molecule has 0 saturated heterocycles. The van der Waals surface area contributed by atoms with Gasteiger partial charge in [0.15, 0.2) is 0 Å². The first-order valence-electron chi connectivity index (χ1n) is 8.04. The molecule has 26 heavy (non-hydrogen) atoms. The molecule has 0 bridgehead atoms. The van der Waals surface area contributed by atoms with Crippen LogP contribution in [0.25, 0.3) is 11.5 Å². The predicted molar refractivity (Wildman–Crippen MR) is 101 cm³/mol. The molecule has 6 nitrogen and oxygen atoms in total. The fraction of sp³-hybridized carbons (Fsp3) is 0.222. The van der Waals surface area contributed by atoms with E-state index in [4.69, 9.17) is 16.0 Å². The lowest BCUT2D eigenvalue weighted by molar-refractivity contribution is -0.120. The summed E-state index contributed by atoms with van der Waals surface area (Å²) in [7, 11) is 0. The molecule has 1 atom stereocenters. The molecule has 0 aliphatic carbocycles. The number of hydrogen-bond acceptors (Lipinski definition) is 6. The molecule has 8 heteroatoms. The van der Waals surface area contributed by atoms with Crippen molar-refractivity contribution in [3.63, 3.8) is 0 Å². The number of rotatable bonds is 7. The van der Waals surface area contributed by atoms with E-state index < -0.39 is 0 Å². The van der Waals surface area contributed by atoms with Crippen LogP contribution in [0.2, 0.25) is 5.02 Å². The van der Waals surface area contributed by atoms with E-state index in [1.54, 1.807) is 31.5 Å². The first kappa shape index (κ1) is 18.4. The highest BCUT2D eigenvalue weighted by Gasteiger charge is 2.18. The van der Waals surface area contributed by atoms with Crippen LogP contribution >= 0.6 is 23.4 Å². The highest BCUT2D eigenvalue weighted by atomic mass is 35.5. The van der Waals surface area contributed by atoms with Crippen LogP contribution in [-0.2, 0) is 11.2 Å². The van der Waals surface area contributed by atoms with E-state index in [1.807, 2.05) is 24.3 Å². The van der Waals surface area contributed by atoms with Crippen molar-refractivity contribution in [2.75, 3.05) is 6.54 Å². The van der Waals surface area contributed by atoms with Crippen LogP contribution in [0.1, 0.15) is 12.5 Å². The Hall–Kier alpha value is -2.38. The van der Waals surface area contributed by atoms with Gasteiger partial charge in [-0.1, -0.05) is 35.5 Å². The van der Waals surface area contributed by atoms with Gasteiger partial charge in [0.25, 0.3) is 5.22 Å². The summed E-state index contributed by atoms with van der Waals surface area (Å²) in [5, 5.41) is 11.6. The lowest BCUT2D eigenvalue weighted by Crippen LogP contribution is -2.32. The Morgan fingerprint density at radius 1 is 1.19 bits per heavy atom. The third-order valence-electron chi connectivity index (χ3n) is 3.61. The monoisotopic (exact) mass is 388 g/mol. The molecule has 3 rings (SSSR count). The topological polar surface area (TPSA) is 80.9 Å². The largest absolute Gasteiger partial charge is 0.411 e. The molecule has 1 unspecified atom stereocenters. The van der Waals surface area contributed by atoms with Crippen molar-refractivity contribution in [2.45, 2.75) is 23.8 Å². The van der Waals surface area contributed by atoms with Crippen molar-refractivity contribution in [3.8, 4) is 11.5 Å². The number of pyridine rings is 1. The van der Waals surface area contributed by atoms with Crippen molar-refractivity contribution < 1.29 is 9.21 Å². The molecule has 2 aromatic heterocycles. The summed E-state index contributed by atoms with van der Waals surface area (Å²) >= 11 is 7.09. The normalized spacial score (nSPS) is 11.9. The Kier molecular flexibility index (Phi) is 6.25. The number of nitrogens with one attached hydrogen (secondary N) is 1. The summed E-state index contributed by atoms with van der Waals surface area (Å²) in [6, 6.07) is 11.2. The molecule has 0 aliphatic rings. The second kappa shape index (κ2) is 8.82. The second-order valence-corrected chi connectivity index (χ2v) is 7.27. The third-order valence-corrected chi connectivity index (χ3v) is 4.79. The van der Waals surface area contributed by atoms with Gasteiger partial charge in [-0.2, -0.15) is 0 Å². The van der Waals surface area contributed by atoms with Gasteiger partial charge < -0.3 is 9.73 Å². The summed E-state index contributed by atoms with van der Waals surface area (Å²) < 4.78 is 5.60. The molecule has 0 fully saturated rings. The number of carbonyl (C=O) groups is 1. The molecule has 2 heterocycles. The first-order chi connectivity index (χ1) is 12.6. The van der Waals surface area contributed by atoms with E-state index in [0.29, 0.717) is 22.7 Å².